The van der Waals surface area contributed by atoms with Crippen molar-refractivity contribution < 1.29 is 9.32 Å². The second kappa shape index (κ2) is 6.84. The van der Waals surface area contributed by atoms with Gasteiger partial charge in [-0.1, -0.05) is 35.5 Å². The Hall–Kier alpha value is -3.02. The van der Waals surface area contributed by atoms with Crippen molar-refractivity contribution in [2.75, 3.05) is 6.54 Å². The molecule has 1 amide bonds. The first-order valence-electron chi connectivity index (χ1n) is 8.43. The number of likely N-dealkylation sites (tertiary alicyclic amines) is 1. The maximum Gasteiger partial charge on any atom is 0.256 e. The number of rotatable bonds is 3. The number of nitrogens with zero attached hydrogens (tertiary/aromatic N) is 4. The van der Waals surface area contributed by atoms with Crippen LogP contribution in [0.1, 0.15) is 41.6 Å². The molecule has 0 bridgehead atoms. The highest BCUT2D eigenvalue weighted by Crippen LogP contribution is 2.32. The molecule has 6 nitrogen and oxygen atoms in total. The fourth-order valence-corrected chi connectivity index (χ4v) is 3.16. The Morgan fingerprint density at radius 3 is 2.80 bits per heavy atom. The molecule has 1 atom stereocenters. The van der Waals surface area contributed by atoms with Crippen molar-refractivity contribution in [3.8, 4) is 11.4 Å². The molecule has 0 N–H and O–H groups in total. The highest BCUT2D eigenvalue weighted by Gasteiger charge is 2.32. The number of carbonyl (C=O) groups excluding carboxylic acids is 1. The standard InChI is InChI=1S/C19H18N4O2/c24-19(15-9-6-11-20-13-15)23-12-5-4-10-16(23)18-21-17(22-25-18)14-7-2-1-3-8-14/h1-3,6-9,11,13,16H,4-5,10,12H2/t16-/m0/s1. The van der Waals surface area contributed by atoms with Crippen LogP contribution in [0.2, 0.25) is 0 Å². The van der Waals surface area contributed by atoms with Gasteiger partial charge in [0.15, 0.2) is 0 Å². The van der Waals surface area contributed by atoms with E-state index in [4.69, 9.17) is 4.52 Å². The van der Waals surface area contributed by atoms with Crippen molar-refractivity contribution in [1.82, 2.24) is 20.0 Å². The lowest BCUT2D eigenvalue weighted by molar-refractivity contribution is 0.0561. The minimum atomic E-state index is -0.189. The highest BCUT2D eigenvalue weighted by molar-refractivity contribution is 5.94. The van der Waals surface area contributed by atoms with Gasteiger partial charge in [-0.2, -0.15) is 4.98 Å². The van der Waals surface area contributed by atoms with E-state index in [0.717, 1.165) is 24.8 Å². The van der Waals surface area contributed by atoms with Crippen LogP contribution in [0.15, 0.2) is 59.4 Å². The lowest BCUT2D eigenvalue weighted by Gasteiger charge is -2.33. The third-order valence-electron chi connectivity index (χ3n) is 4.43. The zero-order chi connectivity index (χ0) is 17.1. The van der Waals surface area contributed by atoms with Crippen LogP contribution in [0.4, 0.5) is 0 Å². The van der Waals surface area contributed by atoms with Gasteiger partial charge < -0.3 is 9.42 Å². The number of pyridine rings is 1. The van der Waals surface area contributed by atoms with Gasteiger partial charge in [-0.3, -0.25) is 9.78 Å². The first kappa shape index (κ1) is 15.5. The van der Waals surface area contributed by atoms with Crippen LogP contribution >= 0.6 is 0 Å². The molecule has 0 radical (unpaired) electrons. The van der Waals surface area contributed by atoms with Crippen molar-refractivity contribution >= 4 is 5.91 Å². The summed E-state index contributed by atoms with van der Waals surface area (Å²) in [5.74, 6) is 1.00. The monoisotopic (exact) mass is 334 g/mol. The van der Waals surface area contributed by atoms with E-state index >= 15 is 0 Å². The summed E-state index contributed by atoms with van der Waals surface area (Å²) in [6.45, 7) is 0.682. The SMILES string of the molecule is O=C(c1cccnc1)N1CCCC[C@H]1c1nc(-c2ccccc2)no1. The Balaban J connectivity index is 1.62. The summed E-state index contributed by atoms with van der Waals surface area (Å²) >= 11 is 0. The second-order valence-electron chi connectivity index (χ2n) is 6.07. The van der Waals surface area contributed by atoms with Gasteiger partial charge in [0.05, 0.1) is 5.56 Å². The molecule has 1 aliphatic rings. The predicted molar refractivity (Wildman–Crippen MR) is 91.6 cm³/mol. The van der Waals surface area contributed by atoms with Crippen LogP contribution in [0.5, 0.6) is 0 Å². The number of piperidine rings is 1. The molecule has 2 aromatic heterocycles. The van der Waals surface area contributed by atoms with Gasteiger partial charge in [0.25, 0.3) is 5.91 Å². The van der Waals surface area contributed by atoms with Gasteiger partial charge in [-0.05, 0) is 31.4 Å². The molecule has 1 fully saturated rings. The van der Waals surface area contributed by atoms with Crippen molar-refractivity contribution in [2.24, 2.45) is 0 Å². The van der Waals surface area contributed by atoms with Crippen LogP contribution in [-0.2, 0) is 0 Å². The molecular weight excluding hydrogens is 316 g/mol. The van der Waals surface area contributed by atoms with E-state index in [1.807, 2.05) is 35.2 Å². The molecule has 0 unspecified atom stereocenters. The molecule has 4 rings (SSSR count). The molecule has 126 valence electrons. The Bertz CT molecular complexity index is 848. The fourth-order valence-electron chi connectivity index (χ4n) is 3.16. The Morgan fingerprint density at radius 2 is 2.00 bits per heavy atom. The van der Waals surface area contributed by atoms with Gasteiger partial charge in [0, 0.05) is 24.5 Å². The van der Waals surface area contributed by atoms with Gasteiger partial charge in [0.1, 0.15) is 6.04 Å². The largest absolute Gasteiger partial charge is 0.337 e. The molecule has 1 aliphatic heterocycles. The van der Waals surface area contributed by atoms with Crippen LogP contribution in [0, 0.1) is 0 Å². The molecule has 0 spiro atoms. The lowest BCUT2D eigenvalue weighted by Crippen LogP contribution is -2.38. The Kier molecular flexibility index (Phi) is 4.24. The first-order chi connectivity index (χ1) is 12.3. The number of amides is 1. The Morgan fingerprint density at radius 1 is 1.12 bits per heavy atom. The van der Waals surface area contributed by atoms with Gasteiger partial charge >= 0.3 is 0 Å². The van der Waals surface area contributed by atoms with Crippen molar-refractivity contribution in [3.63, 3.8) is 0 Å². The normalized spacial score (nSPS) is 17.4. The van der Waals surface area contributed by atoms with Gasteiger partial charge in [0.2, 0.25) is 11.7 Å². The number of hydrogen-bond acceptors (Lipinski definition) is 5. The highest BCUT2D eigenvalue weighted by atomic mass is 16.5. The van der Waals surface area contributed by atoms with Crippen LogP contribution in [-0.4, -0.2) is 32.5 Å². The predicted octanol–water partition coefficient (Wildman–Crippen LogP) is 3.50. The topological polar surface area (TPSA) is 72.1 Å². The van der Waals surface area contributed by atoms with Crippen LogP contribution in [0.25, 0.3) is 11.4 Å². The lowest BCUT2D eigenvalue weighted by atomic mass is 10.0. The quantitative estimate of drug-likeness (QED) is 0.733. The number of carbonyl (C=O) groups is 1. The average Bonchev–Trinajstić information content (AvgIpc) is 3.19. The van der Waals surface area contributed by atoms with E-state index in [2.05, 4.69) is 15.1 Å². The molecule has 0 aliphatic carbocycles. The second-order valence-corrected chi connectivity index (χ2v) is 6.07. The summed E-state index contributed by atoms with van der Waals surface area (Å²) in [4.78, 5) is 23.3. The smallest absolute Gasteiger partial charge is 0.256 e. The summed E-state index contributed by atoms with van der Waals surface area (Å²) in [5, 5.41) is 4.09. The minimum Gasteiger partial charge on any atom is -0.337 e. The van der Waals surface area contributed by atoms with Crippen molar-refractivity contribution in [3.05, 3.63) is 66.3 Å². The summed E-state index contributed by atoms with van der Waals surface area (Å²) in [5.41, 5.74) is 1.48. The average molecular weight is 334 g/mol. The summed E-state index contributed by atoms with van der Waals surface area (Å²) in [7, 11) is 0. The molecule has 1 saturated heterocycles. The number of hydrogen-bond donors (Lipinski definition) is 0. The third kappa shape index (κ3) is 3.15. The molecule has 1 aromatic carbocycles. The molecular formula is C19H18N4O2. The van der Waals surface area contributed by atoms with E-state index in [1.54, 1.807) is 24.5 Å². The van der Waals surface area contributed by atoms with Gasteiger partial charge in [-0.15, -0.1) is 0 Å². The maximum atomic E-state index is 12.9. The molecule has 3 heterocycles. The van der Waals surface area contributed by atoms with Gasteiger partial charge in [-0.25, -0.2) is 0 Å². The van der Waals surface area contributed by atoms with E-state index in [0.29, 0.717) is 23.8 Å². The summed E-state index contributed by atoms with van der Waals surface area (Å²) in [6, 6.07) is 13.1. The van der Waals surface area contributed by atoms with E-state index in [1.165, 1.54) is 0 Å². The summed E-state index contributed by atoms with van der Waals surface area (Å²) in [6.07, 6.45) is 6.08. The molecule has 0 saturated carbocycles. The van der Waals surface area contributed by atoms with Crippen LogP contribution < -0.4 is 0 Å². The van der Waals surface area contributed by atoms with Crippen molar-refractivity contribution in [1.29, 1.82) is 0 Å². The fraction of sp³-hybridized carbons (Fsp3) is 0.263. The van der Waals surface area contributed by atoms with Crippen LogP contribution in [0.3, 0.4) is 0 Å². The molecule has 6 heteroatoms. The third-order valence-corrected chi connectivity index (χ3v) is 4.43. The van der Waals surface area contributed by atoms with E-state index in [-0.39, 0.29) is 11.9 Å². The zero-order valence-electron chi connectivity index (χ0n) is 13.7. The molecule has 3 aromatic rings. The zero-order valence-corrected chi connectivity index (χ0v) is 13.7. The van der Waals surface area contributed by atoms with Crippen molar-refractivity contribution in [2.45, 2.75) is 25.3 Å². The molecule has 25 heavy (non-hydrogen) atoms. The minimum absolute atomic E-state index is 0.0442. The van der Waals surface area contributed by atoms with E-state index in [9.17, 15) is 4.79 Å². The van der Waals surface area contributed by atoms with E-state index < -0.39 is 0 Å². The summed E-state index contributed by atoms with van der Waals surface area (Å²) < 4.78 is 5.50. The number of benzene rings is 1. The first-order valence-corrected chi connectivity index (χ1v) is 8.43. The Labute approximate surface area is 145 Å². The maximum absolute atomic E-state index is 12.9. The number of aromatic nitrogens is 3.